The first-order valence-corrected chi connectivity index (χ1v) is 9.60. The molecule has 1 aliphatic heterocycles. The number of amides is 2. The number of aromatic nitrogens is 1. The van der Waals surface area contributed by atoms with E-state index in [2.05, 4.69) is 5.32 Å². The average molecular weight is 401 g/mol. The van der Waals surface area contributed by atoms with E-state index in [1.165, 1.54) is 35.0 Å². The summed E-state index contributed by atoms with van der Waals surface area (Å²) in [6.45, 7) is 5.53. The topological polar surface area (TPSA) is 91.6 Å². The number of rotatable bonds is 6. The van der Waals surface area contributed by atoms with Gasteiger partial charge in [0.15, 0.2) is 11.4 Å². The second kappa shape index (κ2) is 8.46. The van der Waals surface area contributed by atoms with E-state index < -0.39 is 23.0 Å². The number of aromatic hydroxyl groups is 1. The molecule has 1 unspecified atom stereocenters. The fourth-order valence-electron chi connectivity index (χ4n) is 3.25. The number of halogens is 1. The summed E-state index contributed by atoms with van der Waals surface area (Å²) in [5, 5.41) is 12.9. The van der Waals surface area contributed by atoms with E-state index in [1.54, 1.807) is 4.90 Å². The first-order chi connectivity index (χ1) is 13.8. The lowest BCUT2D eigenvalue weighted by Crippen LogP contribution is -2.44. The highest BCUT2D eigenvalue weighted by Gasteiger charge is 2.31. The first-order valence-electron chi connectivity index (χ1n) is 9.60. The molecule has 0 fully saturated rings. The Bertz CT molecular complexity index is 985. The quantitative estimate of drug-likeness (QED) is 0.776. The van der Waals surface area contributed by atoms with Crippen LogP contribution in [0, 0.1) is 11.7 Å². The standard InChI is InChI=1S/C21H24FN3O4/c1-3-13(2)11-25-9-8-24-12-16(18(26)19(27)17(24)21(25)29)20(28)23-10-14-4-6-15(22)7-5-14/h4-7,12-13,27H,3,8-11H2,1-2H3,(H,23,28). The Morgan fingerprint density at radius 1 is 1.24 bits per heavy atom. The molecule has 0 spiro atoms. The van der Waals surface area contributed by atoms with E-state index in [9.17, 15) is 23.9 Å². The number of hydrogen-bond donors (Lipinski definition) is 2. The Morgan fingerprint density at radius 3 is 2.59 bits per heavy atom. The van der Waals surface area contributed by atoms with Gasteiger partial charge >= 0.3 is 0 Å². The van der Waals surface area contributed by atoms with Gasteiger partial charge in [-0.15, -0.1) is 0 Å². The third kappa shape index (κ3) is 4.31. The summed E-state index contributed by atoms with van der Waals surface area (Å²) in [4.78, 5) is 39.4. The molecule has 0 bridgehead atoms. The second-order valence-corrected chi connectivity index (χ2v) is 7.34. The predicted molar refractivity (Wildman–Crippen MR) is 105 cm³/mol. The fourth-order valence-corrected chi connectivity index (χ4v) is 3.25. The van der Waals surface area contributed by atoms with Gasteiger partial charge in [0.1, 0.15) is 11.4 Å². The van der Waals surface area contributed by atoms with E-state index >= 15 is 0 Å². The molecule has 3 rings (SSSR count). The van der Waals surface area contributed by atoms with Gasteiger partial charge in [-0.25, -0.2) is 4.39 Å². The zero-order chi connectivity index (χ0) is 21.1. The van der Waals surface area contributed by atoms with Crippen molar-refractivity contribution in [1.82, 2.24) is 14.8 Å². The lowest BCUT2D eigenvalue weighted by atomic mass is 10.1. The summed E-state index contributed by atoms with van der Waals surface area (Å²) in [7, 11) is 0. The van der Waals surface area contributed by atoms with Crippen LogP contribution in [0.5, 0.6) is 5.75 Å². The second-order valence-electron chi connectivity index (χ2n) is 7.34. The van der Waals surface area contributed by atoms with Crippen LogP contribution >= 0.6 is 0 Å². The van der Waals surface area contributed by atoms with Crippen molar-refractivity contribution >= 4 is 11.8 Å². The molecule has 7 nitrogen and oxygen atoms in total. The molecule has 0 saturated carbocycles. The smallest absolute Gasteiger partial charge is 0.274 e. The van der Waals surface area contributed by atoms with Gasteiger partial charge in [-0.05, 0) is 23.6 Å². The van der Waals surface area contributed by atoms with Crippen molar-refractivity contribution < 1.29 is 19.1 Å². The van der Waals surface area contributed by atoms with Crippen LogP contribution in [0.25, 0.3) is 0 Å². The zero-order valence-electron chi connectivity index (χ0n) is 16.4. The zero-order valence-corrected chi connectivity index (χ0v) is 16.4. The van der Waals surface area contributed by atoms with Gasteiger partial charge in [0, 0.05) is 32.4 Å². The van der Waals surface area contributed by atoms with Gasteiger partial charge in [-0.2, -0.15) is 0 Å². The Morgan fingerprint density at radius 2 is 1.93 bits per heavy atom. The minimum Gasteiger partial charge on any atom is -0.503 e. The Kier molecular flexibility index (Phi) is 6.00. The summed E-state index contributed by atoms with van der Waals surface area (Å²) in [6, 6.07) is 5.60. The highest BCUT2D eigenvalue weighted by Crippen LogP contribution is 2.21. The Hall–Kier alpha value is -3.16. The molecular weight excluding hydrogens is 377 g/mol. The lowest BCUT2D eigenvalue weighted by Gasteiger charge is -2.32. The molecule has 8 heteroatoms. The molecule has 2 amide bonds. The molecular formula is C21H24FN3O4. The molecule has 1 atom stereocenters. The highest BCUT2D eigenvalue weighted by molar-refractivity contribution is 5.99. The van der Waals surface area contributed by atoms with E-state index in [1.807, 2.05) is 13.8 Å². The molecule has 1 aliphatic rings. The number of hydrogen-bond acceptors (Lipinski definition) is 4. The number of benzene rings is 1. The van der Waals surface area contributed by atoms with Crippen molar-refractivity contribution in [3.05, 3.63) is 63.3 Å². The molecule has 0 aliphatic carbocycles. The van der Waals surface area contributed by atoms with Crippen molar-refractivity contribution in [3.8, 4) is 5.75 Å². The molecule has 2 heterocycles. The number of fused-ring (bicyclic) bond motifs is 1. The van der Waals surface area contributed by atoms with Gasteiger partial charge in [-0.1, -0.05) is 32.4 Å². The van der Waals surface area contributed by atoms with Crippen LogP contribution in [-0.2, 0) is 13.1 Å². The molecule has 1 aromatic carbocycles. The maximum atomic E-state index is 13.0. The Balaban J connectivity index is 1.81. The number of nitrogens with one attached hydrogen (secondary N) is 1. The fraction of sp³-hybridized carbons (Fsp3) is 0.381. The number of carbonyl (C=O) groups is 2. The van der Waals surface area contributed by atoms with Crippen LogP contribution in [0.1, 0.15) is 46.7 Å². The summed E-state index contributed by atoms with van der Waals surface area (Å²) in [6.07, 6.45) is 2.23. The number of pyridine rings is 1. The normalized spacial score (nSPS) is 14.4. The number of nitrogens with zero attached hydrogens (tertiary/aromatic N) is 2. The molecule has 0 saturated heterocycles. The largest absolute Gasteiger partial charge is 0.503 e. The summed E-state index contributed by atoms with van der Waals surface area (Å²) < 4.78 is 14.4. The van der Waals surface area contributed by atoms with Crippen LogP contribution in [0.15, 0.2) is 35.3 Å². The van der Waals surface area contributed by atoms with Crippen LogP contribution in [0.2, 0.25) is 0 Å². The molecule has 0 radical (unpaired) electrons. The predicted octanol–water partition coefficient (Wildman–Crippen LogP) is 2.12. The van der Waals surface area contributed by atoms with Crippen molar-refractivity contribution in [3.63, 3.8) is 0 Å². The van der Waals surface area contributed by atoms with Crippen molar-refractivity contribution in [1.29, 1.82) is 0 Å². The summed E-state index contributed by atoms with van der Waals surface area (Å²) in [5.41, 5.74) is -0.541. The monoisotopic (exact) mass is 401 g/mol. The van der Waals surface area contributed by atoms with Gasteiger partial charge in [-0.3, -0.25) is 14.4 Å². The van der Waals surface area contributed by atoms with Crippen LogP contribution in [-0.4, -0.2) is 39.5 Å². The molecule has 2 N–H and O–H groups in total. The summed E-state index contributed by atoms with van der Waals surface area (Å²) >= 11 is 0. The van der Waals surface area contributed by atoms with Crippen molar-refractivity contribution in [2.45, 2.75) is 33.4 Å². The van der Waals surface area contributed by atoms with Gasteiger partial charge in [0.2, 0.25) is 5.43 Å². The molecule has 154 valence electrons. The molecule has 29 heavy (non-hydrogen) atoms. The Labute approximate surface area is 167 Å². The van der Waals surface area contributed by atoms with Crippen molar-refractivity contribution in [2.24, 2.45) is 5.92 Å². The van der Waals surface area contributed by atoms with Crippen LogP contribution in [0.4, 0.5) is 4.39 Å². The third-order valence-electron chi connectivity index (χ3n) is 5.20. The average Bonchev–Trinajstić information content (AvgIpc) is 2.71. The van der Waals surface area contributed by atoms with Gasteiger partial charge in [0.05, 0.1) is 0 Å². The van der Waals surface area contributed by atoms with Crippen LogP contribution in [0.3, 0.4) is 0 Å². The van der Waals surface area contributed by atoms with Gasteiger partial charge < -0.3 is 19.9 Å². The first kappa shape index (κ1) is 20.6. The highest BCUT2D eigenvalue weighted by atomic mass is 19.1. The van der Waals surface area contributed by atoms with Crippen LogP contribution < -0.4 is 10.7 Å². The van der Waals surface area contributed by atoms with E-state index in [0.29, 0.717) is 31.1 Å². The maximum absolute atomic E-state index is 13.0. The van der Waals surface area contributed by atoms with E-state index in [-0.39, 0.29) is 23.6 Å². The maximum Gasteiger partial charge on any atom is 0.274 e. The third-order valence-corrected chi connectivity index (χ3v) is 5.20. The minimum absolute atomic E-state index is 0.0837. The molecule has 1 aromatic heterocycles. The van der Waals surface area contributed by atoms with E-state index in [4.69, 9.17) is 0 Å². The lowest BCUT2D eigenvalue weighted by molar-refractivity contribution is 0.0668. The molecule has 2 aromatic rings. The summed E-state index contributed by atoms with van der Waals surface area (Å²) in [5.74, 6) is -1.87. The minimum atomic E-state index is -0.883. The van der Waals surface area contributed by atoms with E-state index in [0.717, 1.165) is 6.42 Å². The SMILES string of the molecule is CCC(C)CN1CCn2cc(C(=O)NCc3ccc(F)cc3)c(=O)c(O)c2C1=O. The number of carbonyl (C=O) groups excluding carboxylic acids is 2. The van der Waals surface area contributed by atoms with Gasteiger partial charge in [0.25, 0.3) is 11.8 Å². The van der Waals surface area contributed by atoms with Crippen molar-refractivity contribution in [2.75, 3.05) is 13.1 Å².